The Hall–Kier alpha value is -3.07. The number of amides is 1. The molecule has 1 amide bonds. The summed E-state index contributed by atoms with van der Waals surface area (Å²) in [6, 6.07) is 18.9. The standard InChI is InChI=1S/C26H27N3O/c1-20-9-5-6-12-22(20)18-29-25-13-7-8-15-28(25)24-14-16-27(19-23(24)26(29)30)17-21-10-3-2-4-11-21/h2-7,9-12H,8,14-19H2,1H3. The quantitative estimate of drug-likeness (QED) is 0.724. The molecule has 152 valence electrons. The highest BCUT2D eigenvalue weighted by Crippen LogP contribution is 2.35. The predicted molar refractivity (Wildman–Crippen MR) is 118 cm³/mol. The average Bonchev–Trinajstić information content (AvgIpc) is 2.78. The van der Waals surface area contributed by atoms with Gasteiger partial charge in [-0.2, -0.15) is 0 Å². The van der Waals surface area contributed by atoms with Crippen LogP contribution in [-0.4, -0.2) is 40.2 Å². The average molecular weight is 398 g/mol. The van der Waals surface area contributed by atoms with Crippen molar-refractivity contribution < 1.29 is 4.79 Å². The van der Waals surface area contributed by atoms with Gasteiger partial charge in [0.1, 0.15) is 0 Å². The van der Waals surface area contributed by atoms with Crippen LogP contribution in [0.2, 0.25) is 0 Å². The van der Waals surface area contributed by atoms with Gasteiger partial charge in [-0.25, -0.2) is 0 Å². The van der Waals surface area contributed by atoms with Gasteiger partial charge in [0.05, 0.1) is 12.1 Å². The third-order valence-electron chi connectivity index (χ3n) is 6.30. The van der Waals surface area contributed by atoms with Gasteiger partial charge in [-0.05, 0) is 36.1 Å². The van der Waals surface area contributed by atoms with Gasteiger partial charge in [0.25, 0.3) is 5.91 Å². The molecular formula is C26H27N3O. The molecule has 0 bridgehead atoms. The highest BCUT2D eigenvalue weighted by Gasteiger charge is 2.38. The van der Waals surface area contributed by atoms with Crippen LogP contribution in [0.1, 0.15) is 29.5 Å². The van der Waals surface area contributed by atoms with E-state index in [0.717, 1.165) is 43.9 Å². The van der Waals surface area contributed by atoms with Gasteiger partial charge in [-0.1, -0.05) is 60.3 Å². The zero-order valence-corrected chi connectivity index (χ0v) is 17.5. The molecule has 0 unspecified atom stereocenters. The van der Waals surface area contributed by atoms with Crippen molar-refractivity contribution in [2.75, 3.05) is 19.6 Å². The molecule has 2 aromatic carbocycles. The lowest BCUT2D eigenvalue weighted by Gasteiger charge is -2.45. The third kappa shape index (κ3) is 3.49. The Kier molecular flexibility index (Phi) is 5.04. The third-order valence-corrected chi connectivity index (χ3v) is 6.30. The molecule has 5 rings (SSSR count). The Labute approximate surface area is 178 Å². The molecule has 4 heteroatoms. The van der Waals surface area contributed by atoms with E-state index in [1.54, 1.807) is 0 Å². The number of carbonyl (C=O) groups is 1. The smallest absolute Gasteiger partial charge is 0.259 e. The van der Waals surface area contributed by atoms with E-state index >= 15 is 0 Å². The van der Waals surface area contributed by atoms with Crippen LogP contribution in [0.15, 0.2) is 83.5 Å². The van der Waals surface area contributed by atoms with Crippen molar-refractivity contribution in [2.24, 2.45) is 0 Å². The van der Waals surface area contributed by atoms with Crippen LogP contribution < -0.4 is 0 Å². The monoisotopic (exact) mass is 397 g/mol. The lowest BCUT2D eigenvalue weighted by molar-refractivity contribution is -0.128. The van der Waals surface area contributed by atoms with E-state index in [0.29, 0.717) is 13.1 Å². The predicted octanol–water partition coefficient (Wildman–Crippen LogP) is 4.20. The molecule has 3 aliphatic rings. The summed E-state index contributed by atoms with van der Waals surface area (Å²) < 4.78 is 0. The van der Waals surface area contributed by atoms with E-state index < -0.39 is 0 Å². The Morgan fingerprint density at radius 3 is 2.60 bits per heavy atom. The minimum Gasteiger partial charge on any atom is -0.324 e. The van der Waals surface area contributed by atoms with E-state index in [9.17, 15) is 4.79 Å². The van der Waals surface area contributed by atoms with Crippen LogP contribution in [0.5, 0.6) is 0 Å². The topological polar surface area (TPSA) is 26.8 Å². The minimum atomic E-state index is 0.139. The van der Waals surface area contributed by atoms with E-state index in [2.05, 4.69) is 64.9 Å². The first-order valence-electron chi connectivity index (χ1n) is 10.8. The fourth-order valence-electron chi connectivity index (χ4n) is 4.67. The second-order valence-electron chi connectivity index (χ2n) is 8.30. The Bertz CT molecular complexity index is 1060. The first-order valence-corrected chi connectivity index (χ1v) is 10.8. The number of hydrogen-bond donors (Lipinski definition) is 0. The van der Waals surface area contributed by atoms with Gasteiger partial charge in [0.2, 0.25) is 0 Å². The summed E-state index contributed by atoms with van der Waals surface area (Å²) in [5.74, 6) is 1.06. The van der Waals surface area contributed by atoms with Crippen LogP contribution in [0.4, 0.5) is 0 Å². The van der Waals surface area contributed by atoms with Crippen molar-refractivity contribution in [1.82, 2.24) is 14.7 Å². The largest absolute Gasteiger partial charge is 0.324 e. The van der Waals surface area contributed by atoms with Crippen LogP contribution in [0, 0.1) is 6.92 Å². The van der Waals surface area contributed by atoms with Gasteiger partial charge in [-0.3, -0.25) is 14.6 Å². The lowest BCUT2D eigenvalue weighted by atomic mass is 9.98. The zero-order valence-electron chi connectivity index (χ0n) is 17.5. The van der Waals surface area contributed by atoms with Crippen LogP contribution in [0.25, 0.3) is 0 Å². The van der Waals surface area contributed by atoms with Crippen molar-refractivity contribution >= 4 is 5.91 Å². The van der Waals surface area contributed by atoms with Gasteiger partial charge in [0.15, 0.2) is 5.82 Å². The molecule has 0 N–H and O–H groups in total. The molecular weight excluding hydrogens is 370 g/mol. The molecule has 0 saturated heterocycles. The first-order chi connectivity index (χ1) is 14.7. The Morgan fingerprint density at radius 1 is 0.967 bits per heavy atom. The fraction of sp³-hybridized carbons (Fsp3) is 0.308. The number of carbonyl (C=O) groups excluding carboxylic acids is 1. The van der Waals surface area contributed by atoms with Crippen LogP contribution >= 0.6 is 0 Å². The minimum absolute atomic E-state index is 0.139. The maximum absolute atomic E-state index is 13.7. The molecule has 0 saturated carbocycles. The number of benzene rings is 2. The Balaban J connectivity index is 1.45. The maximum Gasteiger partial charge on any atom is 0.259 e. The summed E-state index contributed by atoms with van der Waals surface area (Å²) in [7, 11) is 0. The zero-order chi connectivity index (χ0) is 20.5. The van der Waals surface area contributed by atoms with Crippen LogP contribution in [-0.2, 0) is 17.9 Å². The molecule has 3 aliphatic heterocycles. The van der Waals surface area contributed by atoms with Crippen molar-refractivity contribution in [3.63, 3.8) is 0 Å². The van der Waals surface area contributed by atoms with Crippen LogP contribution in [0.3, 0.4) is 0 Å². The highest BCUT2D eigenvalue weighted by molar-refractivity contribution is 5.97. The second-order valence-corrected chi connectivity index (χ2v) is 8.30. The van der Waals surface area contributed by atoms with Gasteiger partial charge >= 0.3 is 0 Å². The van der Waals surface area contributed by atoms with Gasteiger partial charge in [-0.15, -0.1) is 0 Å². The van der Waals surface area contributed by atoms with Crippen molar-refractivity contribution in [1.29, 1.82) is 0 Å². The molecule has 30 heavy (non-hydrogen) atoms. The highest BCUT2D eigenvalue weighted by atomic mass is 16.2. The molecule has 0 aromatic heterocycles. The number of hydrogen-bond acceptors (Lipinski definition) is 3. The summed E-state index contributed by atoms with van der Waals surface area (Å²) in [6.07, 6.45) is 3.96. The van der Waals surface area contributed by atoms with Gasteiger partial charge in [0, 0.05) is 38.3 Å². The lowest BCUT2D eigenvalue weighted by Crippen LogP contribution is -2.50. The van der Waals surface area contributed by atoms with E-state index in [4.69, 9.17) is 0 Å². The molecule has 4 nitrogen and oxygen atoms in total. The maximum atomic E-state index is 13.7. The first kappa shape index (κ1) is 18.9. The molecule has 0 atom stereocenters. The number of fused-ring (bicyclic) bond motifs is 2. The summed E-state index contributed by atoms with van der Waals surface area (Å²) in [5, 5.41) is 0. The molecule has 0 aliphatic carbocycles. The van der Waals surface area contributed by atoms with E-state index in [-0.39, 0.29) is 5.91 Å². The number of nitrogens with zero attached hydrogens (tertiary/aromatic N) is 3. The SMILES string of the molecule is Cc1ccccc1CN1C(=O)C2=C(CCN(Cc3ccccc3)C2)N2CCC=C=C12. The van der Waals surface area contributed by atoms with Crippen molar-refractivity contribution in [3.8, 4) is 0 Å². The molecule has 2 aromatic rings. The molecule has 0 fully saturated rings. The molecule has 0 radical (unpaired) electrons. The van der Waals surface area contributed by atoms with Gasteiger partial charge < -0.3 is 4.90 Å². The number of aryl methyl sites for hydroxylation is 1. The van der Waals surface area contributed by atoms with E-state index in [1.165, 1.54) is 22.4 Å². The summed E-state index contributed by atoms with van der Waals surface area (Å²) in [6.45, 7) is 6.20. The second kappa shape index (κ2) is 7.98. The molecule has 0 spiro atoms. The normalized spacial score (nSPS) is 19.0. The summed E-state index contributed by atoms with van der Waals surface area (Å²) in [5.41, 5.74) is 9.26. The number of rotatable bonds is 4. The summed E-state index contributed by atoms with van der Waals surface area (Å²) in [4.78, 5) is 20.3. The van der Waals surface area contributed by atoms with Crippen molar-refractivity contribution in [3.05, 3.63) is 100 Å². The summed E-state index contributed by atoms with van der Waals surface area (Å²) >= 11 is 0. The van der Waals surface area contributed by atoms with E-state index in [1.807, 2.05) is 23.1 Å². The van der Waals surface area contributed by atoms with Crippen molar-refractivity contribution in [2.45, 2.75) is 32.9 Å². The molecule has 3 heterocycles. The fourth-order valence-corrected chi connectivity index (χ4v) is 4.67. The Morgan fingerprint density at radius 2 is 1.77 bits per heavy atom.